The summed E-state index contributed by atoms with van der Waals surface area (Å²) in [5.74, 6) is 1.29. The van der Waals surface area contributed by atoms with E-state index in [9.17, 15) is 0 Å². The first-order chi connectivity index (χ1) is 7.19. The van der Waals surface area contributed by atoms with Crippen molar-refractivity contribution in [2.75, 3.05) is 25.6 Å². The fourth-order valence-corrected chi connectivity index (χ4v) is 3.14. The quantitative estimate of drug-likeness (QED) is 0.779. The molecular formula is C12H26N2S. The molecule has 0 aromatic heterocycles. The Bertz CT molecular complexity index is 171. The van der Waals surface area contributed by atoms with Crippen LogP contribution in [-0.2, 0) is 0 Å². The van der Waals surface area contributed by atoms with Gasteiger partial charge in [-0.15, -0.1) is 0 Å². The van der Waals surface area contributed by atoms with E-state index in [0.717, 1.165) is 18.1 Å². The minimum absolute atomic E-state index is 0.740. The highest BCUT2D eigenvalue weighted by Crippen LogP contribution is 2.21. The van der Waals surface area contributed by atoms with E-state index in [1.54, 1.807) is 0 Å². The van der Waals surface area contributed by atoms with Crippen molar-refractivity contribution in [1.29, 1.82) is 0 Å². The number of hydrogen-bond donors (Lipinski definition) is 1. The fourth-order valence-electron chi connectivity index (χ4n) is 2.56. The van der Waals surface area contributed by atoms with Crippen LogP contribution in [0, 0.1) is 0 Å². The minimum atomic E-state index is 0.740. The van der Waals surface area contributed by atoms with Gasteiger partial charge in [-0.3, -0.25) is 4.90 Å². The van der Waals surface area contributed by atoms with Gasteiger partial charge >= 0.3 is 0 Å². The summed E-state index contributed by atoms with van der Waals surface area (Å²) in [5, 5.41) is 3.41. The van der Waals surface area contributed by atoms with Crippen molar-refractivity contribution in [1.82, 2.24) is 10.2 Å². The van der Waals surface area contributed by atoms with E-state index in [1.165, 1.54) is 31.6 Å². The summed E-state index contributed by atoms with van der Waals surface area (Å²) in [6.07, 6.45) is 6.14. The van der Waals surface area contributed by atoms with Crippen molar-refractivity contribution in [2.24, 2.45) is 0 Å². The molecule has 1 saturated heterocycles. The Labute approximate surface area is 99.2 Å². The van der Waals surface area contributed by atoms with Crippen molar-refractivity contribution in [3.05, 3.63) is 0 Å². The molecule has 0 aliphatic carbocycles. The average Bonchev–Trinajstić information content (AvgIpc) is 2.25. The molecule has 3 atom stereocenters. The van der Waals surface area contributed by atoms with Gasteiger partial charge in [0, 0.05) is 24.7 Å². The molecule has 3 unspecified atom stereocenters. The van der Waals surface area contributed by atoms with E-state index < -0.39 is 0 Å². The molecule has 1 aliphatic heterocycles. The SMILES string of the molecule is CNC1CCN(C(C)CCSC)C(C)C1. The van der Waals surface area contributed by atoms with Crippen LogP contribution in [0.1, 0.15) is 33.1 Å². The first kappa shape index (κ1) is 13.3. The second-order valence-corrected chi connectivity index (χ2v) is 5.71. The number of piperidine rings is 1. The third-order valence-electron chi connectivity index (χ3n) is 3.64. The van der Waals surface area contributed by atoms with Crippen LogP contribution in [0.2, 0.25) is 0 Å². The zero-order valence-corrected chi connectivity index (χ0v) is 11.4. The third-order valence-corrected chi connectivity index (χ3v) is 4.29. The summed E-state index contributed by atoms with van der Waals surface area (Å²) in [5.41, 5.74) is 0. The van der Waals surface area contributed by atoms with Crippen LogP contribution in [0.4, 0.5) is 0 Å². The van der Waals surface area contributed by atoms with Crippen molar-refractivity contribution < 1.29 is 0 Å². The predicted octanol–water partition coefficient (Wildman–Crippen LogP) is 2.20. The van der Waals surface area contributed by atoms with Gasteiger partial charge in [-0.2, -0.15) is 11.8 Å². The molecule has 2 nitrogen and oxygen atoms in total. The molecule has 0 amide bonds. The Balaban J connectivity index is 2.36. The second kappa shape index (κ2) is 6.77. The Hall–Kier alpha value is 0.270. The summed E-state index contributed by atoms with van der Waals surface area (Å²) in [6.45, 7) is 6.02. The van der Waals surface area contributed by atoms with Crippen LogP contribution < -0.4 is 5.32 Å². The first-order valence-corrected chi connectivity index (χ1v) is 7.50. The zero-order chi connectivity index (χ0) is 11.3. The van der Waals surface area contributed by atoms with Crippen LogP contribution >= 0.6 is 11.8 Å². The van der Waals surface area contributed by atoms with E-state index in [-0.39, 0.29) is 0 Å². The van der Waals surface area contributed by atoms with Gasteiger partial charge in [0.15, 0.2) is 0 Å². The molecule has 1 N–H and O–H groups in total. The molecule has 1 fully saturated rings. The van der Waals surface area contributed by atoms with Crippen LogP contribution in [0.3, 0.4) is 0 Å². The molecular weight excluding hydrogens is 204 g/mol. The number of thioether (sulfide) groups is 1. The predicted molar refractivity (Wildman–Crippen MR) is 70.7 cm³/mol. The molecule has 0 radical (unpaired) electrons. The minimum Gasteiger partial charge on any atom is -0.317 e. The van der Waals surface area contributed by atoms with Gasteiger partial charge in [0.05, 0.1) is 0 Å². The first-order valence-electron chi connectivity index (χ1n) is 6.11. The van der Waals surface area contributed by atoms with Gasteiger partial charge in [-0.1, -0.05) is 0 Å². The maximum Gasteiger partial charge on any atom is 0.00910 e. The summed E-state index contributed by atoms with van der Waals surface area (Å²) in [7, 11) is 2.09. The van der Waals surface area contributed by atoms with Gasteiger partial charge in [0.1, 0.15) is 0 Å². The lowest BCUT2D eigenvalue weighted by Crippen LogP contribution is -2.50. The monoisotopic (exact) mass is 230 g/mol. The number of nitrogens with zero attached hydrogens (tertiary/aromatic N) is 1. The van der Waals surface area contributed by atoms with Gasteiger partial charge < -0.3 is 5.32 Å². The molecule has 0 bridgehead atoms. The number of nitrogens with one attached hydrogen (secondary N) is 1. The van der Waals surface area contributed by atoms with Crippen LogP contribution in [0.15, 0.2) is 0 Å². The van der Waals surface area contributed by atoms with Crippen LogP contribution in [-0.4, -0.2) is 48.6 Å². The molecule has 1 heterocycles. The topological polar surface area (TPSA) is 15.3 Å². The third kappa shape index (κ3) is 3.97. The van der Waals surface area contributed by atoms with E-state index in [1.807, 2.05) is 11.8 Å². The maximum atomic E-state index is 3.41. The Morgan fingerprint density at radius 3 is 2.80 bits per heavy atom. The van der Waals surface area contributed by atoms with Crippen molar-refractivity contribution in [2.45, 2.75) is 51.2 Å². The molecule has 0 aromatic rings. The molecule has 0 spiro atoms. The van der Waals surface area contributed by atoms with E-state index >= 15 is 0 Å². The standard InChI is InChI=1S/C12H26N2S/c1-10(6-8-15-4)14-7-5-12(13-3)9-11(14)2/h10-13H,5-9H2,1-4H3. The largest absolute Gasteiger partial charge is 0.317 e. The molecule has 1 aliphatic rings. The van der Waals surface area contributed by atoms with Crippen molar-refractivity contribution >= 4 is 11.8 Å². The van der Waals surface area contributed by atoms with Gasteiger partial charge in [0.25, 0.3) is 0 Å². The number of rotatable bonds is 5. The summed E-state index contributed by atoms with van der Waals surface area (Å²) in [4.78, 5) is 2.68. The Morgan fingerprint density at radius 1 is 1.53 bits per heavy atom. The lowest BCUT2D eigenvalue weighted by Gasteiger charge is -2.41. The molecule has 15 heavy (non-hydrogen) atoms. The van der Waals surface area contributed by atoms with Crippen LogP contribution in [0.25, 0.3) is 0 Å². The lowest BCUT2D eigenvalue weighted by atomic mass is 9.96. The maximum absolute atomic E-state index is 3.41. The Kier molecular flexibility index (Phi) is 6.02. The van der Waals surface area contributed by atoms with E-state index in [2.05, 4.69) is 37.4 Å². The highest BCUT2D eigenvalue weighted by atomic mass is 32.2. The molecule has 1 rings (SSSR count). The number of likely N-dealkylation sites (tertiary alicyclic amines) is 1. The summed E-state index contributed by atoms with van der Waals surface area (Å²) < 4.78 is 0. The Morgan fingerprint density at radius 2 is 2.27 bits per heavy atom. The van der Waals surface area contributed by atoms with E-state index in [0.29, 0.717) is 0 Å². The van der Waals surface area contributed by atoms with Gasteiger partial charge in [-0.25, -0.2) is 0 Å². The fraction of sp³-hybridized carbons (Fsp3) is 1.00. The zero-order valence-electron chi connectivity index (χ0n) is 10.6. The summed E-state index contributed by atoms with van der Waals surface area (Å²) in [6, 6.07) is 2.24. The normalized spacial score (nSPS) is 30.4. The second-order valence-electron chi connectivity index (χ2n) is 4.73. The summed E-state index contributed by atoms with van der Waals surface area (Å²) >= 11 is 1.96. The highest BCUT2D eigenvalue weighted by molar-refractivity contribution is 7.98. The van der Waals surface area contributed by atoms with Gasteiger partial charge in [0.2, 0.25) is 0 Å². The van der Waals surface area contributed by atoms with Crippen molar-refractivity contribution in [3.63, 3.8) is 0 Å². The molecule has 3 heteroatoms. The molecule has 0 aromatic carbocycles. The molecule has 0 saturated carbocycles. The molecule has 90 valence electrons. The average molecular weight is 230 g/mol. The van der Waals surface area contributed by atoms with E-state index in [4.69, 9.17) is 0 Å². The smallest absolute Gasteiger partial charge is 0.00910 e. The van der Waals surface area contributed by atoms with Gasteiger partial charge in [-0.05, 0) is 52.2 Å². The lowest BCUT2D eigenvalue weighted by molar-refractivity contribution is 0.0960. The van der Waals surface area contributed by atoms with Crippen LogP contribution in [0.5, 0.6) is 0 Å². The highest BCUT2D eigenvalue weighted by Gasteiger charge is 2.27. The number of hydrogen-bond acceptors (Lipinski definition) is 3. The van der Waals surface area contributed by atoms with Crippen molar-refractivity contribution in [3.8, 4) is 0 Å².